The van der Waals surface area contributed by atoms with Crippen LogP contribution in [-0.2, 0) is 9.84 Å². The molecule has 0 radical (unpaired) electrons. The number of oxazole rings is 1. The van der Waals surface area contributed by atoms with E-state index >= 15 is 0 Å². The molecule has 2 atom stereocenters. The minimum atomic E-state index is -3.84. The molecule has 1 aromatic carbocycles. The third kappa shape index (κ3) is 3.71. The fourth-order valence-corrected chi connectivity index (χ4v) is 5.83. The Morgan fingerprint density at radius 2 is 1.82 bits per heavy atom. The van der Waals surface area contributed by atoms with Gasteiger partial charge >= 0.3 is 0 Å². The normalized spacial score (nSPS) is 20.5. The molecular formula is C20H21ClN2O3S2. The number of anilines is 1. The van der Waals surface area contributed by atoms with Crippen LogP contribution in [0.4, 0.5) is 5.88 Å². The Morgan fingerprint density at radius 1 is 1.14 bits per heavy atom. The van der Waals surface area contributed by atoms with Crippen LogP contribution in [0.3, 0.4) is 0 Å². The van der Waals surface area contributed by atoms with Crippen LogP contribution < -0.4 is 4.90 Å². The van der Waals surface area contributed by atoms with Crippen molar-refractivity contribution >= 4 is 38.7 Å². The van der Waals surface area contributed by atoms with Crippen LogP contribution in [0.25, 0.3) is 10.8 Å². The summed E-state index contributed by atoms with van der Waals surface area (Å²) in [5.41, 5.74) is 0. The van der Waals surface area contributed by atoms with Crippen molar-refractivity contribution in [2.75, 3.05) is 18.0 Å². The molecule has 5 nitrogen and oxygen atoms in total. The fraction of sp³-hybridized carbons (Fsp3) is 0.350. The molecule has 0 saturated carbocycles. The lowest BCUT2D eigenvalue weighted by Crippen LogP contribution is -2.39. The van der Waals surface area contributed by atoms with Gasteiger partial charge in [-0.3, -0.25) is 0 Å². The Labute approximate surface area is 173 Å². The first-order valence-corrected chi connectivity index (χ1v) is 11.9. The van der Waals surface area contributed by atoms with E-state index in [1.165, 1.54) is 23.5 Å². The van der Waals surface area contributed by atoms with Gasteiger partial charge in [-0.2, -0.15) is 4.98 Å². The molecule has 0 bridgehead atoms. The summed E-state index contributed by atoms with van der Waals surface area (Å²) in [6.45, 7) is 5.83. The predicted molar refractivity (Wildman–Crippen MR) is 112 cm³/mol. The molecule has 3 heterocycles. The second kappa shape index (κ2) is 7.54. The van der Waals surface area contributed by atoms with E-state index < -0.39 is 9.84 Å². The second-order valence-electron chi connectivity index (χ2n) is 7.42. The molecule has 2 aromatic heterocycles. The van der Waals surface area contributed by atoms with Crippen molar-refractivity contribution < 1.29 is 12.8 Å². The zero-order valence-electron chi connectivity index (χ0n) is 15.6. The minimum absolute atomic E-state index is 0.0282. The van der Waals surface area contributed by atoms with E-state index in [1.807, 2.05) is 22.4 Å². The van der Waals surface area contributed by atoms with Crippen LogP contribution in [0.2, 0.25) is 5.02 Å². The highest BCUT2D eigenvalue weighted by Gasteiger charge is 2.34. The number of sulfone groups is 1. The van der Waals surface area contributed by atoms with Gasteiger partial charge in [0.2, 0.25) is 26.6 Å². The molecule has 2 unspecified atom stereocenters. The number of hydrogen-bond donors (Lipinski definition) is 0. The van der Waals surface area contributed by atoms with Gasteiger partial charge in [-0.05, 0) is 54.0 Å². The van der Waals surface area contributed by atoms with Gasteiger partial charge in [0, 0.05) is 18.1 Å². The van der Waals surface area contributed by atoms with Crippen LogP contribution in [0, 0.1) is 11.8 Å². The maximum atomic E-state index is 13.4. The zero-order valence-corrected chi connectivity index (χ0v) is 18.0. The standard InChI is InChI=1S/C20H21ClN2O3S2/c1-13-10-14(2)12-23(11-13)20-19(22-18(26-20)17-4-3-9-27-17)28(24,25)16-7-5-15(21)6-8-16/h3-9,13-14H,10-12H2,1-2H3. The van der Waals surface area contributed by atoms with Crippen molar-refractivity contribution in [3.63, 3.8) is 0 Å². The number of rotatable bonds is 4. The van der Waals surface area contributed by atoms with Gasteiger partial charge in [0.05, 0.1) is 9.77 Å². The van der Waals surface area contributed by atoms with E-state index in [1.54, 1.807) is 12.1 Å². The van der Waals surface area contributed by atoms with Crippen molar-refractivity contribution in [2.45, 2.75) is 30.2 Å². The minimum Gasteiger partial charge on any atom is -0.418 e. The number of aromatic nitrogens is 1. The zero-order chi connectivity index (χ0) is 19.9. The Kier molecular flexibility index (Phi) is 5.24. The van der Waals surface area contributed by atoms with Crippen LogP contribution in [0.15, 0.2) is 56.1 Å². The Balaban J connectivity index is 1.84. The molecule has 1 saturated heterocycles. The topological polar surface area (TPSA) is 63.4 Å². The van der Waals surface area contributed by atoms with Gasteiger partial charge in [0.15, 0.2) is 0 Å². The average molecular weight is 437 g/mol. The summed E-state index contributed by atoms with van der Waals surface area (Å²) < 4.78 is 32.8. The van der Waals surface area contributed by atoms with Gasteiger partial charge in [-0.25, -0.2) is 8.42 Å². The molecule has 1 aliphatic heterocycles. The van der Waals surface area contributed by atoms with Crippen molar-refractivity contribution in [1.82, 2.24) is 4.98 Å². The molecular weight excluding hydrogens is 416 g/mol. The van der Waals surface area contributed by atoms with E-state index in [9.17, 15) is 8.42 Å². The quantitative estimate of drug-likeness (QED) is 0.550. The third-order valence-corrected chi connectivity index (χ3v) is 7.62. The largest absolute Gasteiger partial charge is 0.418 e. The highest BCUT2D eigenvalue weighted by atomic mass is 35.5. The lowest BCUT2D eigenvalue weighted by Gasteiger charge is -2.34. The first kappa shape index (κ1) is 19.5. The summed E-state index contributed by atoms with van der Waals surface area (Å²) in [5, 5.41) is 2.37. The summed E-state index contributed by atoms with van der Waals surface area (Å²) in [4.78, 5) is 7.41. The smallest absolute Gasteiger partial charge is 0.240 e. The Morgan fingerprint density at radius 3 is 2.43 bits per heavy atom. The van der Waals surface area contributed by atoms with Crippen LogP contribution in [0.1, 0.15) is 20.3 Å². The van der Waals surface area contributed by atoms with Gasteiger partial charge in [0.25, 0.3) is 0 Å². The Bertz CT molecular complexity index is 1050. The molecule has 0 spiro atoms. The molecule has 4 rings (SSSR count). The van der Waals surface area contributed by atoms with Gasteiger partial charge in [-0.15, -0.1) is 11.3 Å². The van der Waals surface area contributed by atoms with E-state index in [0.29, 0.717) is 28.6 Å². The molecule has 0 N–H and O–H groups in total. The summed E-state index contributed by atoms with van der Waals surface area (Å²) in [6, 6.07) is 9.91. The molecule has 8 heteroatoms. The third-order valence-electron chi connectivity index (χ3n) is 4.85. The Hall–Kier alpha value is -1.83. The number of benzene rings is 1. The van der Waals surface area contributed by atoms with Crippen molar-refractivity contribution in [2.24, 2.45) is 11.8 Å². The van der Waals surface area contributed by atoms with Gasteiger partial charge < -0.3 is 9.32 Å². The number of thiophene rings is 1. The van der Waals surface area contributed by atoms with Crippen molar-refractivity contribution in [3.05, 3.63) is 46.8 Å². The van der Waals surface area contributed by atoms with E-state index in [-0.39, 0.29) is 9.92 Å². The molecule has 3 aromatic rings. The van der Waals surface area contributed by atoms with Gasteiger partial charge in [-0.1, -0.05) is 31.5 Å². The summed E-state index contributed by atoms with van der Waals surface area (Å²) in [6.07, 6.45) is 1.11. The number of hydrogen-bond acceptors (Lipinski definition) is 6. The predicted octanol–water partition coefficient (Wildman–Crippen LogP) is 5.37. The lowest BCUT2D eigenvalue weighted by atomic mass is 9.92. The maximum absolute atomic E-state index is 13.4. The molecule has 0 aliphatic carbocycles. The van der Waals surface area contributed by atoms with Crippen LogP contribution >= 0.6 is 22.9 Å². The SMILES string of the molecule is CC1CC(C)CN(c2oc(-c3cccs3)nc2S(=O)(=O)c2ccc(Cl)cc2)C1. The maximum Gasteiger partial charge on any atom is 0.240 e. The first-order valence-electron chi connectivity index (χ1n) is 9.15. The summed E-state index contributed by atoms with van der Waals surface area (Å²) in [5.74, 6) is 1.57. The highest BCUT2D eigenvalue weighted by Crippen LogP contribution is 2.38. The molecule has 1 aliphatic rings. The number of nitrogens with zero attached hydrogens (tertiary/aromatic N) is 2. The number of piperidine rings is 1. The van der Waals surface area contributed by atoms with E-state index in [4.69, 9.17) is 16.0 Å². The van der Waals surface area contributed by atoms with Crippen molar-refractivity contribution in [1.29, 1.82) is 0 Å². The molecule has 0 amide bonds. The lowest BCUT2D eigenvalue weighted by molar-refractivity contribution is 0.342. The molecule has 148 valence electrons. The highest BCUT2D eigenvalue weighted by molar-refractivity contribution is 7.91. The average Bonchev–Trinajstić information content (AvgIpc) is 3.31. The number of halogens is 1. The van der Waals surface area contributed by atoms with Gasteiger partial charge in [0.1, 0.15) is 0 Å². The summed E-state index contributed by atoms with van der Waals surface area (Å²) in [7, 11) is -3.84. The second-order valence-corrected chi connectivity index (χ2v) is 10.7. The van der Waals surface area contributed by atoms with Crippen LogP contribution in [-0.4, -0.2) is 26.5 Å². The van der Waals surface area contributed by atoms with Crippen LogP contribution in [0.5, 0.6) is 0 Å². The summed E-state index contributed by atoms with van der Waals surface area (Å²) >= 11 is 7.40. The molecule has 1 fully saturated rings. The monoisotopic (exact) mass is 436 g/mol. The molecule has 28 heavy (non-hydrogen) atoms. The van der Waals surface area contributed by atoms with E-state index in [2.05, 4.69) is 18.8 Å². The van der Waals surface area contributed by atoms with Crippen molar-refractivity contribution in [3.8, 4) is 10.8 Å². The first-order chi connectivity index (χ1) is 13.3. The fourth-order valence-electron chi connectivity index (χ4n) is 3.73. The van der Waals surface area contributed by atoms with E-state index in [0.717, 1.165) is 24.4 Å².